The number of hydrogen-bond donors (Lipinski definition) is 0. The van der Waals surface area contributed by atoms with E-state index in [0.29, 0.717) is 10.8 Å². The number of nitro groups is 1. The van der Waals surface area contributed by atoms with Gasteiger partial charge in [0.1, 0.15) is 0 Å². The van der Waals surface area contributed by atoms with Gasteiger partial charge in [-0.05, 0) is 37.8 Å². The molecule has 0 N–H and O–H groups in total. The van der Waals surface area contributed by atoms with Gasteiger partial charge >= 0.3 is 5.69 Å². The summed E-state index contributed by atoms with van der Waals surface area (Å²) in [5, 5.41) is 11.2. The molecule has 0 heterocycles. The van der Waals surface area contributed by atoms with Crippen LogP contribution in [0.1, 0.15) is 25.7 Å². The molecule has 1 aliphatic rings. The molecule has 0 radical (unpaired) electrons. The molecule has 0 aliphatic heterocycles. The van der Waals surface area contributed by atoms with Crippen LogP contribution in [-0.4, -0.2) is 11.0 Å². The van der Waals surface area contributed by atoms with E-state index in [0.717, 1.165) is 25.7 Å². The zero-order valence-electron chi connectivity index (χ0n) is 8.69. The molecule has 0 aromatic heterocycles. The Kier molecular flexibility index (Phi) is 3.29. The third kappa shape index (κ3) is 2.44. The highest BCUT2D eigenvalue weighted by atomic mass is 35.5. The van der Waals surface area contributed by atoms with Crippen molar-refractivity contribution in [2.24, 2.45) is 0 Å². The third-order valence-electron chi connectivity index (χ3n) is 2.71. The Morgan fingerprint density at radius 3 is 2.69 bits per heavy atom. The number of nitrogens with zero attached hydrogens (tertiary/aromatic N) is 1. The first-order chi connectivity index (χ1) is 7.66. The van der Waals surface area contributed by atoms with E-state index >= 15 is 0 Å². The Labute approximate surface area is 98.3 Å². The Hall–Kier alpha value is -1.29. The minimum absolute atomic E-state index is 0.0561. The number of halogens is 1. The lowest BCUT2D eigenvalue weighted by Crippen LogP contribution is -2.11. The molecule has 2 rings (SSSR count). The van der Waals surface area contributed by atoms with E-state index in [1.807, 2.05) is 0 Å². The monoisotopic (exact) mass is 241 g/mol. The molecule has 1 fully saturated rings. The smallest absolute Gasteiger partial charge is 0.312 e. The van der Waals surface area contributed by atoms with Gasteiger partial charge in [0.25, 0.3) is 0 Å². The second-order valence-electron chi connectivity index (χ2n) is 3.89. The summed E-state index contributed by atoms with van der Waals surface area (Å²) < 4.78 is 5.62. The van der Waals surface area contributed by atoms with Gasteiger partial charge in [-0.1, -0.05) is 11.6 Å². The number of ether oxygens (including phenoxy) is 1. The van der Waals surface area contributed by atoms with Crippen LogP contribution in [0.15, 0.2) is 18.2 Å². The number of benzene rings is 1. The standard InChI is InChI=1S/C11H12ClNO3/c12-8-5-6-11(10(7-8)13(14)15)16-9-3-1-2-4-9/h5-7,9H,1-4H2. The quantitative estimate of drug-likeness (QED) is 0.600. The summed E-state index contributed by atoms with van der Waals surface area (Å²) in [6.45, 7) is 0. The van der Waals surface area contributed by atoms with Crippen LogP contribution in [0.25, 0.3) is 0 Å². The number of rotatable bonds is 3. The van der Waals surface area contributed by atoms with E-state index in [-0.39, 0.29) is 11.8 Å². The summed E-state index contributed by atoms with van der Waals surface area (Å²) >= 11 is 5.72. The highest BCUT2D eigenvalue weighted by Gasteiger charge is 2.22. The molecule has 5 heteroatoms. The highest BCUT2D eigenvalue weighted by Crippen LogP contribution is 2.33. The van der Waals surface area contributed by atoms with Crippen LogP contribution < -0.4 is 4.74 Å². The second-order valence-corrected chi connectivity index (χ2v) is 4.33. The van der Waals surface area contributed by atoms with Crippen LogP contribution in [0.3, 0.4) is 0 Å². The minimum Gasteiger partial charge on any atom is -0.484 e. The Morgan fingerprint density at radius 1 is 1.38 bits per heavy atom. The second kappa shape index (κ2) is 4.70. The fraction of sp³-hybridized carbons (Fsp3) is 0.455. The first kappa shape index (κ1) is 11.2. The average Bonchev–Trinajstić information content (AvgIpc) is 2.73. The summed E-state index contributed by atoms with van der Waals surface area (Å²) in [7, 11) is 0. The normalized spacial score (nSPS) is 16.3. The van der Waals surface area contributed by atoms with Crippen molar-refractivity contribution in [3.05, 3.63) is 33.3 Å². The summed E-state index contributed by atoms with van der Waals surface area (Å²) in [6, 6.07) is 4.50. The lowest BCUT2D eigenvalue weighted by Gasteiger charge is -2.12. The molecule has 86 valence electrons. The van der Waals surface area contributed by atoms with Gasteiger partial charge in [-0.3, -0.25) is 10.1 Å². The van der Waals surface area contributed by atoms with Gasteiger partial charge in [0.2, 0.25) is 0 Å². The molecule has 0 bridgehead atoms. The van der Waals surface area contributed by atoms with Gasteiger partial charge < -0.3 is 4.74 Å². The Morgan fingerprint density at radius 2 is 2.06 bits per heavy atom. The molecule has 1 aliphatic carbocycles. The fourth-order valence-corrected chi connectivity index (χ4v) is 2.08. The van der Waals surface area contributed by atoms with Crippen molar-refractivity contribution in [3.63, 3.8) is 0 Å². The van der Waals surface area contributed by atoms with Gasteiger partial charge in [0.15, 0.2) is 5.75 Å². The van der Waals surface area contributed by atoms with Gasteiger partial charge in [0.05, 0.1) is 11.0 Å². The van der Waals surface area contributed by atoms with Crippen LogP contribution in [0, 0.1) is 10.1 Å². The predicted molar refractivity (Wildman–Crippen MR) is 61.0 cm³/mol. The maximum atomic E-state index is 10.8. The van der Waals surface area contributed by atoms with E-state index < -0.39 is 4.92 Å². The Balaban J connectivity index is 2.21. The molecule has 4 nitrogen and oxygen atoms in total. The summed E-state index contributed by atoms with van der Waals surface area (Å²) in [6.07, 6.45) is 4.32. The third-order valence-corrected chi connectivity index (χ3v) is 2.95. The fourth-order valence-electron chi connectivity index (χ4n) is 1.92. The summed E-state index contributed by atoms with van der Waals surface area (Å²) in [5.74, 6) is 0.321. The molecule has 0 atom stereocenters. The topological polar surface area (TPSA) is 52.4 Å². The molecule has 1 aromatic rings. The molecule has 0 amide bonds. The maximum Gasteiger partial charge on any atom is 0.312 e. The van der Waals surface area contributed by atoms with Crippen LogP contribution in [0.2, 0.25) is 5.02 Å². The summed E-state index contributed by atoms with van der Waals surface area (Å²) in [5.41, 5.74) is -0.0561. The van der Waals surface area contributed by atoms with Crippen LogP contribution in [-0.2, 0) is 0 Å². The van der Waals surface area contributed by atoms with Crippen molar-refractivity contribution in [1.29, 1.82) is 0 Å². The van der Waals surface area contributed by atoms with Crippen LogP contribution >= 0.6 is 11.6 Å². The van der Waals surface area contributed by atoms with Crippen LogP contribution in [0.5, 0.6) is 5.75 Å². The zero-order chi connectivity index (χ0) is 11.5. The van der Waals surface area contributed by atoms with E-state index in [9.17, 15) is 10.1 Å². The van der Waals surface area contributed by atoms with E-state index in [4.69, 9.17) is 16.3 Å². The van der Waals surface area contributed by atoms with Crippen molar-refractivity contribution < 1.29 is 9.66 Å². The van der Waals surface area contributed by atoms with Crippen molar-refractivity contribution in [2.45, 2.75) is 31.8 Å². The molecular formula is C11H12ClNO3. The van der Waals surface area contributed by atoms with Crippen molar-refractivity contribution in [3.8, 4) is 5.75 Å². The zero-order valence-corrected chi connectivity index (χ0v) is 9.44. The minimum atomic E-state index is -0.462. The number of nitro benzene ring substituents is 1. The molecule has 1 saturated carbocycles. The molecule has 1 aromatic carbocycles. The Bertz CT molecular complexity index is 402. The molecule has 16 heavy (non-hydrogen) atoms. The molecule has 0 spiro atoms. The van der Waals surface area contributed by atoms with Crippen molar-refractivity contribution in [2.75, 3.05) is 0 Å². The van der Waals surface area contributed by atoms with Crippen molar-refractivity contribution in [1.82, 2.24) is 0 Å². The first-order valence-electron chi connectivity index (χ1n) is 5.27. The lowest BCUT2D eigenvalue weighted by molar-refractivity contribution is -0.386. The SMILES string of the molecule is O=[N+]([O-])c1cc(Cl)ccc1OC1CCCC1. The summed E-state index contributed by atoms with van der Waals surface area (Å²) in [4.78, 5) is 10.4. The van der Waals surface area contributed by atoms with Crippen molar-refractivity contribution >= 4 is 17.3 Å². The highest BCUT2D eigenvalue weighted by molar-refractivity contribution is 6.30. The average molecular weight is 242 g/mol. The lowest BCUT2D eigenvalue weighted by atomic mass is 10.2. The van der Waals surface area contributed by atoms with Gasteiger partial charge in [0, 0.05) is 11.1 Å². The van der Waals surface area contributed by atoms with E-state index in [1.165, 1.54) is 6.07 Å². The number of hydrogen-bond acceptors (Lipinski definition) is 3. The van der Waals surface area contributed by atoms with Gasteiger partial charge in [-0.15, -0.1) is 0 Å². The molecule has 0 saturated heterocycles. The molecule has 0 unspecified atom stereocenters. The van der Waals surface area contributed by atoms with E-state index in [2.05, 4.69) is 0 Å². The van der Waals surface area contributed by atoms with Crippen LogP contribution in [0.4, 0.5) is 5.69 Å². The van der Waals surface area contributed by atoms with Gasteiger partial charge in [-0.2, -0.15) is 0 Å². The maximum absolute atomic E-state index is 10.8. The predicted octanol–water partition coefficient (Wildman–Crippen LogP) is 3.57. The van der Waals surface area contributed by atoms with Gasteiger partial charge in [-0.25, -0.2) is 0 Å². The molecular weight excluding hydrogens is 230 g/mol. The first-order valence-corrected chi connectivity index (χ1v) is 5.65. The van der Waals surface area contributed by atoms with E-state index in [1.54, 1.807) is 12.1 Å². The largest absolute Gasteiger partial charge is 0.484 e.